The Kier molecular flexibility index (Phi) is 6.10. The Balaban J connectivity index is 1.54. The van der Waals surface area contributed by atoms with Crippen molar-refractivity contribution in [3.05, 3.63) is 40.9 Å². The number of hydrogen-bond donors (Lipinski definition) is 1. The van der Waals surface area contributed by atoms with Crippen molar-refractivity contribution in [3.63, 3.8) is 0 Å². The second kappa shape index (κ2) is 8.58. The van der Waals surface area contributed by atoms with Gasteiger partial charge in [-0.15, -0.1) is 0 Å². The van der Waals surface area contributed by atoms with E-state index >= 15 is 0 Å². The summed E-state index contributed by atoms with van der Waals surface area (Å²) in [5.41, 5.74) is 1.59. The molecule has 1 saturated heterocycles. The van der Waals surface area contributed by atoms with Gasteiger partial charge < -0.3 is 15.1 Å². The average molecular weight is 499 g/mol. The smallest absolute Gasteiger partial charge is 0.314 e. The van der Waals surface area contributed by atoms with Gasteiger partial charge in [0.05, 0.1) is 54.0 Å². The first kappa shape index (κ1) is 23.5. The maximum atomic E-state index is 13.4. The highest BCUT2D eigenvalue weighted by atomic mass is 35.5. The van der Waals surface area contributed by atoms with Crippen molar-refractivity contribution in [3.8, 4) is 0 Å². The van der Waals surface area contributed by atoms with Crippen molar-refractivity contribution >= 4 is 44.9 Å². The van der Waals surface area contributed by atoms with Gasteiger partial charge in [0, 0.05) is 25.7 Å². The summed E-state index contributed by atoms with van der Waals surface area (Å²) >= 11 is 5.80. The predicted octanol–water partition coefficient (Wildman–Crippen LogP) is 2.11. The van der Waals surface area contributed by atoms with Crippen LogP contribution in [0.1, 0.15) is 19.0 Å². The summed E-state index contributed by atoms with van der Waals surface area (Å²) in [6.07, 6.45) is 2.75. The summed E-state index contributed by atoms with van der Waals surface area (Å²) in [6.45, 7) is 2.69. The molecule has 1 fully saturated rings. The topological polar surface area (TPSA) is 108 Å². The second-order valence-electron chi connectivity index (χ2n) is 8.34. The molecular weight excluding hydrogens is 475 g/mol. The summed E-state index contributed by atoms with van der Waals surface area (Å²) in [7, 11) is -1.98. The zero-order valence-electron chi connectivity index (χ0n) is 18.3. The lowest BCUT2D eigenvalue weighted by Gasteiger charge is -2.35. The predicted molar refractivity (Wildman–Crippen MR) is 121 cm³/mol. The van der Waals surface area contributed by atoms with Crippen molar-refractivity contribution in [2.45, 2.75) is 38.5 Å². The van der Waals surface area contributed by atoms with Crippen LogP contribution in [0.5, 0.6) is 0 Å². The fraction of sp³-hybridized carbons (Fsp3) is 0.450. The number of urea groups is 1. The molecule has 4 rings (SSSR count). The van der Waals surface area contributed by atoms with Gasteiger partial charge in [-0.05, 0) is 25.1 Å². The first-order valence-corrected chi connectivity index (χ1v) is 12.5. The summed E-state index contributed by atoms with van der Waals surface area (Å²) in [4.78, 5) is 28.8. The van der Waals surface area contributed by atoms with E-state index in [0.29, 0.717) is 23.6 Å². The molecule has 2 aliphatic heterocycles. The van der Waals surface area contributed by atoms with Gasteiger partial charge in [0.15, 0.2) is 0 Å². The molecule has 0 aliphatic carbocycles. The van der Waals surface area contributed by atoms with E-state index in [1.54, 1.807) is 15.8 Å². The van der Waals surface area contributed by atoms with Crippen LogP contribution in [-0.2, 0) is 27.9 Å². The van der Waals surface area contributed by atoms with Gasteiger partial charge in [-0.2, -0.15) is 9.40 Å². The molecule has 2 unspecified atom stereocenters. The molecule has 2 aliphatic rings. The van der Waals surface area contributed by atoms with Gasteiger partial charge in [-0.1, -0.05) is 11.6 Å². The first-order valence-electron chi connectivity index (χ1n) is 10.3. The number of likely N-dealkylation sites (N-methyl/N-ethyl adjacent to an activating group) is 1. The Bertz CT molecular complexity index is 1220. The molecule has 0 radical (unpaired) electrons. The van der Waals surface area contributed by atoms with Crippen LogP contribution in [-0.4, -0.2) is 71.3 Å². The molecule has 1 N–H and O–H groups in total. The van der Waals surface area contributed by atoms with E-state index in [0.717, 1.165) is 6.26 Å². The molecule has 178 valence electrons. The monoisotopic (exact) mass is 498 g/mol. The number of aromatic nitrogens is 2. The number of rotatable bonds is 4. The van der Waals surface area contributed by atoms with E-state index in [1.807, 2.05) is 6.92 Å². The number of anilines is 2. The highest BCUT2D eigenvalue weighted by molar-refractivity contribution is 7.88. The Hall–Kier alpha value is -2.70. The van der Waals surface area contributed by atoms with Crippen LogP contribution < -0.4 is 10.2 Å². The fourth-order valence-electron chi connectivity index (χ4n) is 4.09. The number of fused-ring (bicyclic) bond motifs is 1. The van der Waals surface area contributed by atoms with E-state index in [2.05, 4.69) is 10.4 Å². The van der Waals surface area contributed by atoms with E-state index < -0.39 is 27.9 Å². The minimum atomic E-state index is -3.44. The Morgan fingerprint density at radius 1 is 1.33 bits per heavy atom. The zero-order chi connectivity index (χ0) is 24.1. The first-order chi connectivity index (χ1) is 15.5. The van der Waals surface area contributed by atoms with Crippen molar-refractivity contribution in [2.24, 2.45) is 0 Å². The highest BCUT2D eigenvalue weighted by Crippen LogP contribution is 2.32. The number of hydrogen-bond acceptors (Lipinski definition) is 5. The molecule has 13 heteroatoms. The number of carbonyl (C=O) groups is 2. The standard InChI is InChI=1S/C20H24ClFN6O4S/c1-12-9-28-18(11-26(12)20(30)24-13-4-5-16(22)15(21)6-13)17(8-23-28)27-10-14(7-19(27)29)25(2)33(3,31)32/h4-6,8,12,14H,7,9-11H2,1-3H3,(H,24,30). The lowest BCUT2D eigenvalue weighted by molar-refractivity contribution is -0.117. The van der Waals surface area contributed by atoms with E-state index in [-0.39, 0.29) is 36.5 Å². The molecule has 3 heterocycles. The summed E-state index contributed by atoms with van der Waals surface area (Å²) in [5.74, 6) is -0.786. The van der Waals surface area contributed by atoms with Crippen LogP contribution in [0.25, 0.3) is 0 Å². The molecule has 2 atom stereocenters. The molecule has 1 aromatic heterocycles. The van der Waals surface area contributed by atoms with Crippen LogP contribution >= 0.6 is 11.6 Å². The maximum Gasteiger partial charge on any atom is 0.322 e. The molecule has 0 saturated carbocycles. The Labute approximate surface area is 195 Å². The number of carbonyl (C=O) groups excluding carboxylic acids is 2. The minimum absolute atomic E-state index is 0.0696. The number of sulfonamides is 1. The zero-order valence-corrected chi connectivity index (χ0v) is 19.9. The van der Waals surface area contributed by atoms with Crippen molar-refractivity contribution < 1.29 is 22.4 Å². The maximum absolute atomic E-state index is 13.4. The molecular formula is C20H24ClFN6O4S. The summed E-state index contributed by atoms with van der Waals surface area (Å²) in [5, 5.41) is 7.00. The van der Waals surface area contributed by atoms with Gasteiger partial charge in [-0.25, -0.2) is 17.6 Å². The molecule has 0 spiro atoms. The van der Waals surface area contributed by atoms with Gasteiger partial charge in [-0.3, -0.25) is 9.48 Å². The molecule has 33 heavy (non-hydrogen) atoms. The summed E-state index contributed by atoms with van der Waals surface area (Å²) < 4.78 is 40.2. The van der Waals surface area contributed by atoms with Gasteiger partial charge >= 0.3 is 6.03 Å². The van der Waals surface area contributed by atoms with Crippen LogP contribution in [0.2, 0.25) is 5.02 Å². The SMILES string of the molecule is CC1Cn2ncc(N3CC(N(C)S(C)(=O)=O)CC3=O)c2CN1C(=O)Nc1ccc(F)c(Cl)c1. The minimum Gasteiger partial charge on any atom is -0.314 e. The fourth-order valence-corrected chi connectivity index (χ4v) is 4.95. The van der Waals surface area contributed by atoms with Gasteiger partial charge in [0.2, 0.25) is 15.9 Å². The number of benzene rings is 1. The number of nitrogens with zero attached hydrogens (tertiary/aromatic N) is 5. The van der Waals surface area contributed by atoms with Crippen molar-refractivity contribution in [1.29, 1.82) is 0 Å². The van der Waals surface area contributed by atoms with E-state index in [4.69, 9.17) is 11.6 Å². The van der Waals surface area contributed by atoms with E-state index in [9.17, 15) is 22.4 Å². The molecule has 0 bridgehead atoms. The lowest BCUT2D eigenvalue weighted by atomic mass is 10.2. The van der Waals surface area contributed by atoms with Crippen molar-refractivity contribution in [1.82, 2.24) is 19.0 Å². The highest BCUT2D eigenvalue weighted by Gasteiger charge is 2.39. The van der Waals surface area contributed by atoms with Gasteiger partial charge in [0.25, 0.3) is 0 Å². The number of halogens is 2. The van der Waals surface area contributed by atoms with E-state index in [1.165, 1.54) is 34.5 Å². The third-order valence-electron chi connectivity index (χ3n) is 6.08. The third kappa shape index (κ3) is 4.55. The largest absolute Gasteiger partial charge is 0.322 e. The number of amides is 3. The second-order valence-corrected chi connectivity index (χ2v) is 10.8. The number of nitrogens with one attached hydrogen (secondary N) is 1. The quantitative estimate of drug-likeness (QED) is 0.694. The Morgan fingerprint density at radius 3 is 2.73 bits per heavy atom. The summed E-state index contributed by atoms with van der Waals surface area (Å²) in [6, 6.07) is 2.86. The van der Waals surface area contributed by atoms with Crippen LogP contribution in [0, 0.1) is 5.82 Å². The van der Waals surface area contributed by atoms with Crippen LogP contribution in [0.4, 0.5) is 20.6 Å². The average Bonchev–Trinajstić information content (AvgIpc) is 3.31. The van der Waals surface area contributed by atoms with Gasteiger partial charge in [0.1, 0.15) is 5.82 Å². The normalized spacial score (nSPS) is 21.0. The lowest BCUT2D eigenvalue weighted by Crippen LogP contribution is -2.47. The Morgan fingerprint density at radius 2 is 2.06 bits per heavy atom. The van der Waals surface area contributed by atoms with Crippen LogP contribution in [0.15, 0.2) is 24.4 Å². The molecule has 3 amide bonds. The van der Waals surface area contributed by atoms with Crippen molar-refractivity contribution in [2.75, 3.05) is 30.1 Å². The molecule has 10 nitrogen and oxygen atoms in total. The van der Waals surface area contributed by atoms with Crippen LogP contribution in [0.3, 0.4) is 0 Å². The molecule has 1 aromatic carbocycles. The third-order valence-corrected chi connectivity index (χ3v) is 7.71. The molecule has 2 aromatic rings.